The van der Waals surface area contributed by atoms with Crippen LogP contribution in [-0.4, -0.2) is 44.1 Å². The van der Waals surface area contributed by atoms with Gasteiger partial charge in [0, 0.05) is 46.7 Å². The first kappa shape index (κ1) is 22.5. The van der Waals surface area contributed by atoms with Crippen molar-refractivity contribution in [3.63, 3.8) is 0 Å². The molecule has 5 rings (SSSR count). The van der Waals surface area contributed by atoms with Crippen molar-refractivity contribution in [2.75, 3.05) is 14.1 Å². The third kappa shape index (κ3) is 4.56. The van der Waals surface area contributed by atoms with Gasteiger partial charge in [0.15, 0.2) is 5.65 Å². The van der Waals surface area contributed by atoms with Crippen LogP contribution in [0.1, 0.15) is 22.5 Å². The van der Waals surface area contributed by atoms with Gasteiger partial charge in [-0.3, -0.25) is 10.1 Å². The lowest BCUT2D eigenvalue weighted by Gasteiger charge is -2.11. The maximum absolute atomic E-state index is 4.63. The van der Waals surface area contributed by atoms with Crippen LogP contribution in [0.5, 0.6) is 0 Å². The molecule has 0 aliphatic rings. The van der Waals surface area contributed by atoms with Crippen molar-refractivity contribution in [3.05, 3.63) is 108 Å². The van der Waals surface area contributed by atoms with E-state index >= 15 is 0 Å². The first-order valence-corrected chi connectivity index (χ1v) is 11.6. The molecular formula is C29H28N6. The topological polar surface area (TPSA) is 73.5 Å². The van der Waals surface area contributed by atoms with Crippen molar-refractivity contribution in [1.29, 1.82) is 0 Å². The number of benzene rings is 1. The van der Waals surface area contributed by atoms with Crippen LogP contribution in [0.3, 0.4) is 0 Å². The second kappa shape index (κ2) is 9.52. The van der Waals surface area contributed by atoms with Gasteiger partial charge in [-0.1, -0.05) is 43.0 Å². The smallest absolute Gasteiger partial charge is 0.181 e. The van der Waals surface area contributed by atoms with Gasteiger partial charge in [-0.05, 0) is 62.5 Å². The number of H-pyrrole nitrogens is 2. The number of hydrogen-bond donors (Lipinski definition) is 2. The predicted molar refractivity (Wildman–Crippen MR) is 143 cm³/mol. The molecule has 0 aliphatic heterocycles. The number of rotatable bonds is 7. The average Bonchev–Trinajstić information content (AvgIpc) is 3.45. The molecule has 0 radical (unpaired) electrons. The number of nitrogens with zero attached hydrogens (tertiary/aromatic N) is 4. The molecule has 0 aliphatic carbocycles. The lowest BCUT2D eigenvalue weighted by molar-refractivity contribution is 0.402. The molecule has 4 heterocycles. The summed E-state index contributed by atoms with van der Waals surface area (Å²) in [6.45, 7) is 6.86. The Labute approximate surface area is 205 Å². The van der Waals surface area contributed by atoms with Crippen LogP contribution in [0.15, 0.2) is 85.7 Å². The Morgan fingerprint density at radius 3 is 2.69 bits per heavy atom. The minimum Gasteiger partial charge on any atom is -0.357 e. The maximum Gasteiger partial charge on any atom is 0.181 e. The Hall–Kier alpha value is -4.29. The number of hydrogen-bond acceptors (Lipinski definition) is 4. The summed E-state index contributed by atoms with van der Waals surface area (Å²) in [7, 11) is 4.16. The molecule has 0 unspecified atom stereocenters. The van der Waals surface area contributed by atoms with Gasteiger partial charge in [-0.25, -0.2) is 4.98 Å². The molecule has 0 saturated heterocycles. The van der Waals surface area contributed by atoms with Gasteiger partial charge in [0.25, 0.3) is 0 Å². The minimum atomic E-state index is 0.689. The molecule has 0 saturated carbocycles. The predicted octanol–water partition coefficient (Wildman–Crippen LogP) is 6.00. The van der Waals surface area contributed by atoms with Crippen molar-refractivity contribution in [1.82, 2.24) is 30.0 Å². The summed E-state index contributed by atoms with van der Waals surface area (Å²) in [5, 5.41) is 8.62. The van der Waals surface area contributed by atoms with Gasteiger partial charge in [0.05, 0.1) is 17.1 Å². The second-order valence-corrected chi connectivity index (χ2v) is 8.88. The van der Waals surface area contributed by atoms with Gasteiger partial charge < -0.3 is 9.88 Å². The van der Waals surface area contributed by atoms with Crippen molar-refractivity contribution >= 4 is 16.6 Å². The summed E-state index contributed by atoms with van der Waals surface area (Å²) in [5.41, 5.74) is 10.0. The highest BCUT2D eigenvalue weighted by atomic mass is 15.2. The molecule has 1 aromatic carbocycles. The SMILES string of the molecule is C=C/C=C(/c1ccccn1)c1cc(-c2[nH]nc3ncc(-c4cccc(CN(C)C)c4)cc23)[nH]c1C. The second-order valence-electron chi connectivity index (χ2n) is 8.88. The van der Waals surface area contributed by atoms with Crippen molar-refractivity contribution in [2.45, 2.75) is 13.5 Å². The lowest BCUT2D eigenvalue weighted by Crippen LogP contribution is -2.10. The summed E-state index contributed by atoms with van der Waals surface area (Å²) in [4.78, 5) is 14.9. The van der Waals surface area contributed by atoms with Crippen LogP contribution < -0.4 is 0 Å². The lowest BCUT2D eigenvalue weighted by atomic mass is 10.0. The molecule has 0 bridgehead atoms. The zero-order chi connectivity index (χ0) is 24.4. The number of fused-ring (bicyclic) bond motifs is 1. The Balaban J connectivity index is 1.57. The van der Waals surface area contributed by atoms with Crippen LogP contribution in [-0.2, 0) is 6.54 Å². The number of pyridine rings is 2. The number of allylic oxidation sites excluding steroid dienone is 2. The molecule has 0 fully saturated rings. The van der Waals surface area contributed by atoms with E-state index in [2.05, 4.69) is 94.0 Å². The van der Waals surface area contributed by atoms with E-state index in [1.54, 1.807) is 12.3 Å². The molecule has 0 atom stereocenters. The normalized spacial score (nSPS) is 11.9. The number of aromatic amines is 2. The third-order valence-corrected chi connectivity index (χ3v) is 5.97. The Kier molecular flexibility index (Phi) is 6.12. The van der Waals surface area contributed by atoms with E-state index in [4.69, 9.17) is 0 Å². The summed E-state index contributed by atoms with van der Waals surface area (Å²) in [5.74, 6) is 0. The quantitative estimate of drug-likeness (QED) is 0.292. The van der Waals surface area contributed by atoms with Crippen LogP contribution in [0.25, 0.3) is 39.1 Å². The van der Waals surface area contributed by atoms with Crippen molar-refractivity contribution < 1.29 is 0 Å². The van der Waals surface area contributed by atoms with E-state index in [1.807, 2.05) is 30.5 Å². The van der Waals surface area contributed by atoms with E-state index in [1.165, 1.54) is 5.56 Å². The summed E-state index contributed by atoms with van der Waals surface area (Å²) in [6.07, 6.45) is 7.48. The highest BCUT2D eigenvalue weighted by molar-refractivity contribution is 5.94. The average molecular weight is 461 g/mol. The number of nitrogens with one attached hydrogen (secondary N) is 2. The molecular weight excluding hydrogens is 432 g/mol. The van der Waals surface area contributed by atoms with Crippen molar-refractivity contribution in [3.8, 4) is 22.5 Å². The molecule has 5 aromatic rings. The largest absolute Gasteiger partial charge is 0.357 e. The molecule has 0 amide bonds. The molecule has 35 heavy (non-hydrogen) atoms. The molecule has 6 heteroatoms. The van der Waals surface area contributed by atoms with Gasteiger partial charge in [0.2, 0.25) is 0 Å². The van der Waals surface area contributed by atoms with Crippen molar-refractivity contribution in [2.24, 2.45) is 0 Å². The standard InChI is InChI=1S/C29H28N6/c1-5-9-23(26-12-6-7-13-30-26)24-16-27(32-19(24)2)28-25-15-22(17-31-29(25)34-33-28)21-11-8-10-20(14-21)18-35(3)4/h5-17,32H,1,18H2,2-4H3,(H,31,33,34)/b23-9+. The van der Waals surface area contributed by atoms with E-state index in [0.717, 1.165) is 57.0 Å². The Morgan fingerprint density at radius 1 is 1.03 bits per heavy atom. The molecule has 4 aromatic heterocycles. The van der Waals surface area contributed by atoms with E-state index < -0.39 is 0 Å². The van der Waals surface area contributed by atoms with Gasteiger partial charge in [-0.2, -0.15) is 5.10 Å². The highest BCUT2D eigenvalue weighted by Crippen LogP contribution is 2.33. The Morgan fingerprint density at radius 2 is 1.91 bits per heavy atom. The zero-order valence-electron chi connectivity index (χ0n) is 20.2. The number of aromatic nitrogens is 5. The monoisotopic (exact) mass is 460 g/mol. The molecule has 0 spiro atoms. The first-order chi connectivity index (χ1) is 17.0. The summed E-state index contributed by atoms with van der Waals surface area (Å²) in [6, 6.07) is 18.8. The van der Waals surface area contributed by atoms with Gasteiger partial charge in [0.1, 0.15) is 0 Å². The van der Waals surface area contributed by atoms with E-state index in [0.29, 0.717) is 5.65 Å². The fraction of sp³-hybridized carbons (Fsp3) is 0.138. The molecule has 2 N–H and O–H groups in total. The summed E-state index contributed by atoms with van der Waals surface area (Å²) < 4.78 is 0. The van der Waals surface area contributed by atoms with Crippen LogP contribution >= 0.6 is 0 Å². The zero-order valence-corrected chi connectivity index (χ0v) is 20.2. The Bertz CT molecular complexity index is 1520. The van der Waals surface area contributed by atoms with E-state index in [-0.39, 0.29) is 0 Å². The minimum absolute atomic E-state index is 0.689. The van der Waals surface area contributed by atoms with Gasteiger partial charge in [-0.15, -0.1) is 0 Å². The number of aryl methyl sites for hydroxylation is 1. The summed E-state index contributed by atoms with van der Waals surface area (Å²) >= 11 is 0. The van der Waals surface area contributed by atoms with Crippen LogP contribution in [0.4, 0.5) is 0 Å². The maximum atomic E-state index is 4.63. The molecule has 6 nitrogen and oxygen atoms in total. The van der Waals surface area contributed by atoms with Crippen LogP contribution in [0.2, 0.25) is 0 Å². The first-order valence-electron chi connectivity index (χ1n) is 11.6. The van der Waals surface area contributed by atoms with Gasteiger partial charge >= 0.3 is 0 Å². The fourth-order valence-electron chi connectivity index (χ4n) is 4.40. The van der Waals surface area contributed by atoms with E-state index in [9.17, 15) is 0 Å². The molecule has 174 valence electrons. The van der Waals surface area contributed by atoms with Crippen LogP contribution in [0, 0.1) is 6.92 Å². The fourth-order valence-corrected chi connectivity index (χ4v) is 4.40. The highest BCUT2D eigenvalue weighted by Gasteiger charge is 2.17. The third-order valence-electron chi connectivity index (χ3n) is 5.97.